The van der Waals surface area contributed by atoms with Gasteiger partial charge in [-0.25, -0.2) is 0 Å². The van der Waals surface area contributed by atoms with Crippen molar-refractivity contribution in [1.82, 2.24) is 0 Å². The van der Waals surface area contributed by atoms with E-state index in [2.05, 4.69) is 88.9 Å². The molecule has 0 heterocycles. The highest BCUT2D eigenvalue weighted by molar-refractivity contribution is 6.95. The van der Waals surface area contributed by atoms with Crippen LogP contribution in [0.5, 0.6) is 0 Å². The van der Waals surface area contributed by atoms with Crippen LogP contribution in [0.4, 0.5) is 0 Å². The van der Waals surface area contributed by atoms with Gasteiger partial charge in [-0.05, 0) is 31.8 Å². The zero-order valence-electron chi connectivity index (χ0n) is 27.6. The van der Waals surface area contributed by atoms with Gasteiger partial charge in [0.25, 0.3) is 0 Å². The van der Waals surface area contributed by atoms with Crippen molar-refractivity contribution in [2.75, 3.05) is 26.2 Å². The summed E-state index contributed by atoms with van der Waals surface area (Å²) in [4.78, 5) is 0. The normalized spacial score (nSPS) is 13.0. The van der Waals surface area contributed by atoms with Gasteiger partial charge in [0.15, 0.2) is 0 Å². The molecule has 0 aliphatic carbocycles. The molecule has 0 atom stereocenters. The fourth-order valence-electron chi connectivity index (χ4n) is 7.48. The molecule has 35 heavy (non-hydrogen) atoms. The molecule has 0 unspecified atom stereocenters. The van der Waals surface area contributed by atoms with Gasteiger partial charge in [0, 0.05) is 8.07 Å². The van der Waals surface area contributed by atoms with Crippen molar-refractivity contribution < 1.29 is 4.48 Å². The Balaban J connectivity index is 0. The number of unbranched alkanes of at least 4 members (excludes halogenated alkanes) is 4. The zero-order valence-corrected chi connectivity index (χ0v) is 28.6. The average Bonchev–Trinajstić information content (AvgIpc) is 2.70. The Hall–Kier alpha value is 0.242. The van der Waals surface area contributed by atoms with E-state index < -0.39 is 8.07 Å². The molecule has 0 bridgehead atoms. The van der Waals surface area contributed by atoms with Crippen LogP contribution in [0.1, 0.15) is 121 Å². The van der Waals surface area contributed by atoms with Gasteiger partial charge in [-0.1, -0.05) is 132 Å². The van der Waals surface area contributed by atoms with E-state index in [0.29, 0.717) is 0 Å². The van der Waals surface area contributed by atoms with Crippen molar-refractivity contribution >= 4 is 14.2 Å². The van der Waals surface area contributed by atoms with Crippen molar-refractivity contribution in [3.05, 3.63) is 0 Å². The standard InChI is InChI=1S/C16H38BSi.C16H36N/c1-14(2)10-17(11-15(3)4,12-16(5)6)13-18(7,8)9;1-5-9-13-17(14-10-6-2,15-11-7-3)16-12-8-4/h14-16H,10-13H2,1-9H3;5-16H2,1-4H3/q-1;+1. The average molecular weight is 512 g/mol. The molecule has 214 valence electrons. The van der Waals surface area contributed by atoms with Crippen LogP contribution in [0.3, 0.4) is 0 Å². The summed E-state index contributed by atoms with van der Waals surface area (Å²) >= 11 is 0. The molecule has 3 heteroatoms. The lowest BCUT2D eigenvalue weighted by Crippen LogP contribution is -2.50. The molecule has 0 rings (SSSR count). The molecule has 0 amide bonds. The van der Waals surface area contributed by atoms with E-state index in [1.165, 1.54) is 101 Å². The van der Waals surface area contributed by atoms with Crippen LogP contribution in [0, 0.1) is 17.8 Å². The lowest BCUT2D eigenvalue weighted by Gasteiger charge is -2.47. The van der Waals surface area contributed by atoms with E-state index in [1.807, 2.05) is 0 Å². The van der Waals surface area contributed by atoms with Crippen LogP contribution >= 0.6 is 0 Å². The van der Waals surface area contributed by atoms with Crippen LogP contribution in [0.2, 0.25) is 44.5 Å². The fourth-order valence-corrected chi connectivity index (χ4v) is 10.6. The van der Waals surface area contributed by atoms with Gasteiger partial charge >= 0.3 is 0 Å². The fraction of sp³-hybridized carbons (Fsp3) is 1.00. The van der Waals surface area contributed by atoms with E-state index in [9.17, 15) is 0 Å². The summed E-state index contributed by atoms with van der Waals surface area (Å²) in [6, 6.07) is 0. The van der Waals surface area contributed by atoms with E-state index in [0.717, 1.165) is 17.8 Å². The second kappa shape index (κ2) is 20.2. The molecule has 0 spiro atoms. The summed E-state index contributed by atoms with van der Waals surface area (Å²) in [5.74, 6) is 4.15. The van der Waals surface area contributed by atoms with Crippen LogP contribution in [0.15, 0.2) is 0 Å². The molecule has 0 aliphatic heterocycles. The maximum absolute atomic E-state index is 2.56. The summed E-state index contributed by atoms with van der Waals surface area (Å²) in [7, 11) is -0.965. The van der Waals surface area contributed by atoms with Gasteiger partial charge in [0.2, 0.25) is 0 Å². The first-order chi connectivity index (χ1) is 16.2. The maximum atomic E-state index is 2.56. The zero-order chi connectivity index (χ0) is 27.5. The Morgan fingerprint density at radius 3 is 0.943 bits per heavy atom. The summed E-state index contributed by atoms with van der Waals surface area (Å²) < 4.78 is 1.42. The molecule has 0 radical (unpaired) electrons. The number of hydrogen-bond acceptors (Lipinski definition) is 0. The molecular formula is C32H74BNSi. The minimum atomic E-state index is -0.965. The third kappa shape index (κ3) is 20.9. The molecule has 0 N–H and O–H groups in total. The Labute approximate surface area is 227 Å². The monoisotopic (exact) mass is 512 g/mol. The Bertz CT molecular complexity index is 403. The first-order valence-corrected chi connectivity index (χ1v) is 20.0. The third-order valence-corrected chi connectivity index (χ3v) is 9.99. The van der Waals surface area contributed by atoms with Crippen molar-refractivity contribution in [3.63, 3.8) is 0 Å². The van der Waals surface area contributed by atoms with Crippen LogP contribution < -0.4 is 0 Å². The Morgan fingerprint density at radius 1 is 0.514 bits per heavy atom. The van der Waals surface area contributed by atoms with Crippen LogP contribution in [-0.2, 0) is 0 Å². The second-order valence-corrected chi connectivity index (χ2v) is 20.6. The largest absolute Gasteiger partial charge is 0.324 e. The van der Waals surface area contributed by atoms with Crippen LogP contribution in [-0.4, -0.2) is 44.9 Å². The molecule has 0 saturated carbocycles. The minimum absolute atomic E-state index is 0.140. The minimum Gasteiger partial charge on any atom is -0.324 e. The first kappa shape index (κ1) is 37.4. The van der Waals surface area contributed by atoms with E-state index in [1.54, 1.807) is 5.94 Å². The maximum Gasteiger partial charge on any atom is 0.0786 e. The summed E-state index contributed by atoms with van der Waals surface area (Å²) in [5.41, 5.74) is 0. The SMILES string of the molecule is CC(C)C[B-](CC(C)C)(CC(C)C)C[Si](C)(C)C.CCCC[N+](CCCC)(CCCC)CCCC. The first-order valence-electron chi connectivity index (χ1n) is 16.3. The lowest BCUT2D eigenvalue weighted by molar-refractivity contribution is -0.929. The molecular weight excluding hydrogens is 437 g/mol. The number of nitrogens with zero attached hydrogens (tertiary/aromatic N) is 1. The van der Waals surface area contributed by atoms with Gasteiger partial charge in [-0.15, -0.1) is 0 Å². The number of rotatable bonds is 20. The van der Waals surface area contributed by atoms with Gasteiger partial charge in [-0.2, -0.15) is 24.9 Å². The molecule has 1 nitrogen and oxygen atoms in total. The van der Waals surface area contributed by atoms with Crippen molar-refractivity contribution in [2.45, 2.75) is 165 Å². The Morgan fingerprint density at radius 2 is 0.771 bits per heavy atom. The lowest BCUT2D eigenvalue weighted by atomic mass is 9.18. The van der Waals surface area contributed by atoms with Gasteiger partial charge in [0.05, 0.1) is 26.2 Å². The third-order valence-electron chi connectivity index (χ3n) is 7.90. The smallest absolute Gasteiger partial charge is 0.0786 e. The highest BCUT2D eigenvalue weighted by atomic mass is 28.3. The van der Waals surface area contributed by atoms with Gasteiger partial charge in [0.1, 0.15) is 0 Å². The Kier molecular flexibility index (Phi) is 21.6. The van der Waals surface area contributed by atoms with Crippen molar-refractivity contribution in [2.24, 2.45) is 17.8 Å². The quantitative estimate of drug-likeness (QED) is 0.113. The predicted octanol–water partition coefficient (Wildman–Crippen LogP) is 11.3. The van der Waals surface area contributed by atoms with Crippen molar-refractivity contribution in [3.8, 4) is 0 Å². The molecule has 0 aromatic heterocycles. The number of hydrogen-bond donors (Lipinski definition) is 0. The second-order valence-electron chi connectivity index (χ2n) is 15.0. The molecule has 0 aliphatic rings. The van der Waals surface area contributed by atoms with Gasteiger partial charge < -0.3 is 4.48 Å². The molecule has 0 saturated heterocycles. The predicted molar refractivity (Wildman–Crippen MR) is 172 cm³/mol. The summed E-state index contributed by atoms with van der Waals surface area (Å²) in [5, 5.41) is 0. The molecule has 0 aromatic carbocycles. The van der Waals surface area contributed by atoms with E-state index in [-0.39, 0.29) is 6.15 Å². The van der Waals surface area contributed by atoms with Gasteiger partial charge in [-0.3, -0.25) is 0 Å². The van der Waals surface area contributed by atoms with E-state index >= 15 is 0 Å². The highest BCUT2D eigenvalue weighted by Crippen LogP contribution is 2.38. The topological polar surface area (TPSA) is 0 Å². The van der Waals surface area contributed by atoms with E-state index in [4.69, 9.17) is 0 Å². The van der Waals surface area contributed by atoms with Crippen LogP contribution in [0.25, 0.3) is 0 Å². The highest BCUT2D eigenvalue weighted by Gasteiger charge is 2.31. The summed E-state index contributed by atoms with van der Waals surface area (Å²) in [6.07, 6.45) is 15.4. The molecule has 0 aromatic rings. The molecule has 0 fully saturated rings. The van der Waals surface area contributed by atoms with Crippen molar-refractivity contribution in [1.29, 1.82) is 0 Å². The summed E-state index contributed by atoms with van der Waals surface area (Å²) in [6.45, 7) is 37.2. The number of quaternary nitrogens is 1.